The van der Waals surface area contributed by atoms with E-state index in [-0.39, 0.29) is 0 Å². The van der Waals surface area contributed by atoms with E-state index in [1.54, 1.807) is 12.4 Å². The van der Waals surface area contributed by atoms with Crippen LogP contribution in [0.5, 0.6) is 0 Å². The van der Waals surface area contributed by atoms with Crippen molar-refractivity contribution < 1.29 is 0 Å². The minimum atomic E-state index is 0.665. The summed E-state index contributed by atoms with van der Waals surface area (Å²) >= 11 is 0. The van der Waals surface area contributed by atoms with Crippen molar-refractivity contribution in [3.05, 3.63) is 36.3 Å². The molecule has 4 rings (SSSR count). The van der Waals surface area contributed by atoms with Crippen LogP contribution in [-0.4, -0.2) is 29.9 Å². The Balaban J connectivity index is 1.78. The van der Waals surface area contributed by atoms with Crippen LogP contribution in [0.4, 0.5) is 11.5 Å². The normalized spacial score (nSPS) is 11.3. The Hall–Kier alpha value is -2.96. The summed E-state index contributed by atoms with van der Waals surface area (Å²) in [6.45, 7) is 2.00. The fraction of sp³-hybridized carbons (Fsp3) is 0.143. The number of rotatable bonds is 2. The molecule has 7 nitrogen and oxygen atoms in total. The molecule has 0 bridgehead atoms. The summed E-state index contributed by atoms with van der Waals surface area (Å²) in [5.41, 5.74) is 4.43. The Labute approximate surface area is 120 Å². The first-order valence-corrected chi connectivity index (χ1v) is 6.58. The molecule has 0 atom stereocenters. The summed E-state index contributed by atoms with van der Waals surface area (Å²) in [7, 11) is 1.94. The average molecular weight is 279 g/mol. The largest absolute Gasteiger partial charge is 0.337 e. The van der Waals surface area contributed by atoms with Gasteiger partial charge in [-0.2, -0.15) is 10.2 Å². The lowest BCUT2D eigenvalue weighted by Gasteiger charge is -2.03. The van der Waals surface area contributed by atoms with Gasteiger partial charge >= 0.3 is 0 Å². The first-order chi connectivity index (χ1) is 10.2. The maximum Gasteiger partial charge on any atom is 0.180 e. The van der Waals surface area contributed by atoms with Crippen molar-refractivity contribution in [3.8, 4) is 0 Å². The van der Waals surface area contributed by atoms with Crippen molar-refractivity contribution in [2.45, 2.75) is 6.92 Å². The Morgan fingerprint density at radius 3 is 2.95 bits per heavy atom. The molecule has 0 aliphatic rings. The quantitative estimate of drug-likeness (QED) is 0.588. The summed E-state index contributed by atoms with van der Waals surface area (Å²) in [5, 5.41) is 15.9. The zero-order chi connectivity index (χ0) is 14.4. The predicted octanol–water partition coefficient (Wildman–Crippen LogP) is 2.29. The Kier molecular flexibility index (Phi) is 2.41. The molecule has 0 amide bonds. The van der Waals surface area contributed by atoms with Crippen LogP contribution in [0.2, 0.25) is 0 Å². The number of fused-ring (bicyclic) bond motifs is 2. The van der Waals surface area contributed by atoms with Crippen LogP contribution in [0.25, 0.3) is 22.1 Å². The van der Waals surface area contributed by atoms with Crippen molar-refractivity contribution in [2.75, 3.05) is 5.32 Å². The zero-order valence-corrected chi connectivity index (χ0v) is 11.6. The number of hydrogen-bond donors (Lipinski definition) is 2. The van der Waals surface area contributed by atoms with E-state index >= 15 is 0 Å². The van der Waals surface area contributed by atoms with Crippen LogP contribution in [0.15, 0.2) is 30.6 Å². The van der Waals surface area contributed by atoms with Crippen molar-refractivity contribution in [3.63, 3.8) is 0 Å². The molecule has 104 valence electrons. The molecular weight excluding hydrogens is 266 g/mol. The average Bonchev–Trinajstić information content (AvgIpc) is 3.02. The summed E-state index contributed by atoms with van der Waals surface area (Å²) in [5.74, 6) is 0.666. The lowest BCUT2D eigenvalue weighted by atomic mass is 10.2. The second-order valence-corrected chi connectivity index (χ2v) is 4.89. The highest BCUT2D eigenvalue weighted by molar-refractivity contribution is 5.89. The molecule has 0 radical (unpaired) electrons. The number of H-pyrrole nitrogens is 1. The van der Waals surface area contributed by atoms with Crippen LogP contribution in [-0.2, 0) is 7.05 Å². The van der Waals surface area contributed by atoms with E-state index in [2.05, 4.69) is 36.6 Å². The smallest absolute Gasteiger partial charge is 0.180 e. The van der Waals surface area contributed by atoms with Crippen molar-refractivity contribution in [2.24, 2.45) is 7.05 Å². The summed E-state index contributed by atoms with van der Waals surface area (Å²) < 4.78 is 1.88. The monoisotopic (exact) mass is 279 g/mol. The van der Waals surface area contributed by atoms with Crippen LogP contribution < -0.4 is 5.32 Å². The van der Waals surface area contributed by atoms with E-state index in [0.29, 0.717) is 11.5 Å². The zero-order valence-electron chi connectivity index (χ0n) is 11.6. The van der Waals surface area contributed by atoms with E-state index in [0.717, 1.165) is 27.8 Å². The van der Waals surface area contributed by atoms with Gasteiger partial charge in [-0.3, -0.25) is 9.78 Å². The summed E-state index contributed by atoms with van der Waals surface area (Å²) in [6.07, 6.45) is 3.28. The number of benzene rings is 1. The molecule has 0 fully saturated rings. The molecular formula is C14H13N7. The van der Waals surface area contributed by atoms with Gasteiger partial charge in [0.2, 0.25) is 0 Å². The van der Waals surface area contributed by atoms with Gasteiger partial charge in [0.05, 0.1) is 11.2 Å². The standard InChI is InChI=1S/C14H13N7/c1-8-10-7-9(3-4-11(10)21(2)20-8)17-14-12-13(18-19-14)16-6-5-15-12/h3-7H,1-2H3,(H2,16,17,18,19). The van der Waals surface area contributed by atoms with E-state index in [9.17, 15) is 0 Å². The highest BCUT2D eigenvalue weighted by Crippen LogP contribution is 2.25. The number of aromatic nitrogens is 6. The predicted molar refractivity (Wildman–Crippen MR) is 80.4 cm³/mol. The lowest BCUT2D eigenvalue weighted by molar-refractivity contribution is 0.783. The Bertz CT molecular complexity index is 950. The van der Waals surface area contributed by atoms with Gasteiger partial charge in [0.15, 0.2) is 17.0 Å². The molecule has 4 aromatic rings. The van der Waals surface area contributed by atoms with Gasteiger partial charge in [-0.15, -0.1) is 0 Å². The number of aryl methyl sites for hydroxylation is 2. The number of aromatic amines is 1. The molecule has 7 heteroatoms. The highest BCUT2D eigenvalue weighted by atomic mass is 15.3. The fourth-order valence-electron chi connectivity index (χ4n) is 2.50. The molecule has 0 unspecified atom stereocenters. The number of hydrogen-bond acceptors (Lipinski definition) is 5. The molecule has 0 aliphatic carbocycles. The molecule has 3 aromatic heterocycles. The van der Waals surface area contributed by atoms with Gasteiger partial charge in [0.25, 0.3) is 0 Å². The van der Waals surface area contributed by atoms with Crippen LogP contribution in [0.3, 0.4) is 0 Å². The number of nitrogens with one attached hydrogen (secondary N) is 2. The molecule has 0 spiro atoms. The molecule has 0 saturated heterocycles. The number of anilines is 2. The van der Waals surface area contributed by atoms with Crippen molar-refractivity contribution in [1.82, 2.24) is 29.9 Å². The Morgan fingerprint density at radius 1 is 1.19 bits per heavy atom. The SMILES string of the molecule is Cc1nn(C)c2ccc(Nc3n[nH]c4nccnc34)cc12. The third-order valence-corrected chi connectivity index (χ3v) is 3.49. The highest BCUT2D eigenvalue weighted by Gasteiger charge is 2.09. The second kappa shape index (κ2) is 4.27. The van der Waals surface area contributed by atoms with Crippen molar-refractivity contribution >= 4 is 33.6 Å². The molecule has 21 heavy (non-hydrogen) atoms. The molecule has 2 N–H and O–H groups in total. The first-order valence-electron chi connectivity index (χ1n) is 6.58. The van der Waals surface area contributed by atoms with Crippen LogP contribution in [0, 0.1) is 6.92 Å². The maximum absolute atomic E-state index is 4.42. The fourth-order valence-corrected chi connectivity index (χ4v) is 2.50. The van der Waals surface area contributed by atoms with Gasteiger partial charge in [-0.05, 0) is 25.1 Å². The third kappa shape index (κ3) is 1.82. The second-order valence-electron chi connectivity index (χ2n) is 4.89. The van der Waals surface area contributed by atoms with E-state index < -0.39 is 0 Å². The number of nitrogens with zero attached hydrogens (tertiary/aromatic N) is 5. The summed E-state index contributed by atoms with van der Waals surface area (Å²) in [4.78, 5) is 8.46. The van der Waals surface area contributed by atoms with Crippen LogP contribution >= 0.6 is 0 Å². The first kappa shape index (κ1) is 11.8. The van der Waals surface area contributed by atoms with E-state index in [1.807, 2.05) is 30.8 Å². The molecule has 0 aliphatic heterocycles. The van der Waals surface area contributed by atoms with Gasteiger partial charge in [-0.25, -0.2) is 9.97 Å². The third-order valence-electron chi connectivity index (χ3n) is 3.49. The minimum absolute atomic E-state index is 0.665. The van der Waals surface area contributed by atoms with Gasteiger partial charge < -0.3 is 5.32 Å². The van der Waals surface area contributed by atoms with Crippen molar-refractivity contribution in [1.29, 1.82) is 0 Å². The maximum atomic E-state index is 4.42. The topological polar surface area (TPSA) is 84.3 Å². The Morgan fingerprint density at radius 2 is 2.05 bits per heavy atom. The minimum Gasteiger partial charge on any atom is -0.337 e. The lowest BCUT2D eigenvalue weighted by Crippen LogP contribution is -1.93. The molecule has 1 aromatic carbocycles. The summed E-state index contributed by atoms with van der Waals surface area (Å²) in [6, 6.07) is 6.10. The van der Waals surface area contributed by atoms with Gasteiger partial charge in [-0.1, -0.05) is 0 Å². The van der Waals surface area contributed by atoms with E-state index in [4.69, 9.17) is 0 Å². The molecule has 0 saturated carbocycles. The van der Waals surface area contributed by atoms with E-state index in [1.165, 1.54) is 0 Å². The molecule has 3 heterocycles. The van der Waals surface area contributed by atoms with Crippen LogP contribution in [0.1, 0.15) is 5.69 Å². The van der Waals surface area contributed by atoms with Gasteiger partial charge in [0, 0.05) is 30.5 Å². The van der Waals surface area contributed by atoms with Gasteiger partial charge in [0.1, 0.15) is 0 Å².